The molecule has 0 aliphatic carbocycles. The zero-order valence-electron chi connectivity index (χ0n) is 14.4. The maximum Gasteiger partial charge on any atom is 0.226 e. The molecule has 1 aromatic carbocycles. The Balaban J connectivity index is 1.60. The largest absolute Gasteiger partial charge is 0.497 e. The molecule has 1 aromatic heterocycles. The van der Waals surface area contributed by atoms with Gasteiger partial charge in [-0.15, -0.1) is 0 Å². The Labute approximate surface area is 146 Å². The molecule has 0 spiro atoms. The third-order valence-corrected chi connectivity index (χ3v) is 4.38. The van der Waals surface area contributed by atoms with E-state index in [-0.39, 0.29) is 11.9 Å². The fourth-order valence-electron chi connectivity index (χ4n) is 3.20. The number of hydrogen-bond donors (Lipinski definition) is 2. The Kier molecular flexibility index (Phi) is 5.35. The molecular formula is C18H23N3O4. The molecular weight excluding hydrogens is 322 g/mol. The summed E-state index contributed by atoms with van der Waals surface area (Å²) in [5.41, 5.74) is 1.09. The second-order valence-electron chi connectivity index (χ2n) is 6.30. The number of carbonyl (C=O) groups excluding carboxylic acids is 1. The fourth-order valence-corrected chi connectivity index (χ4v) is 3.20. The number of hydrogen-bond acceptors (Lipinski definition) is 6. The lowest BCUT2D eigenvalue weighted by Gasteiger charge is -2.24. The summed E-state index contributed by atoms with van der Waals surface area (Å²) in [4.78, 5) is 14.2. The van der Waals surface area contributed by atoms with Crippen LogP contribution in [0.3, 0.4) is 0 Å². The van der Waals surface area contributed by atoms with Gasteiger partial charge in [-0.25, -0.2) is 0 Å². The quantitative estimate of drug-likeness (QED) is 0.834. The van der Waals surface area contributed by atoms with Crippen molar-refractivity contribution in [1.82, 2.24) is 10.1 Å². The van der Waals surface area contributed by atoms with E-state index in [2.05, 4.69) is 15.4 Å². The number of aliphatic hydroxyl groups excluding tert-OH is 1. The van der Waals surface area contributed by atoms with E-state index in [0.29, 0.717) is 37.5 Å². The second-order valence-corrected chi connectivity index (χ2v) is 6.30. The fraction of sp³-hybridized carbons (Fsp3) is 0.444. The van der Waals surface area contributed by atoms with Crippen molar-refractivity contribution in [3.05, 3.63) is 41.7 Å². The number of nitrogens with zero attached hydrogens (tertiary/aromatic N) is 2. The molecule has 0 bridgehead atoms. The number of aromatic nitrogens is 1. The van der Waals surface area contributed by atoms with E-state index in [0.717, 1.165) is 11.3 Å². The summed E-state index contributed by atoms with van der Waals surface area (Å²) >= 11 is 0. The first-order valence-electron chi connectivity index (χ1n) is 8.34. The molecule has 1 amide bonds. The Morgan fingerprint density at radius 3 is 3.04 bits per heavy atom. The predicted octanol–water partition coefficient (Wildman–Crippen LogP) is 2.13. The molecule has 2 N–H and O–H groups in total. The van der Waals surface area contributed by atoms with Gasteiger partial charge in [0.2, 0.25) is 5.91 Å². The normalized spacial score (nSPS) is 20.6. The minimum atomic E-state index is -0.391. The van der Waals surface area contributed by atoms with Gasteiger partial charge in [-0.3, -0.25) is 9.69 Å². The van der Waals surface area contributed by atoms with Crippen LogP contribution in [0.2, 0.25) is 0 Å². The van der Waals surface area contributed by atoms with E-state index in [1.807, 2.05) is 24.3 Å². The third-order valence-electron chi connectivity index (χ3n) is 4.38. The number of likely N-dealkylation sites (tertiary alicyclic amines) is 1. The van der Waals surface area contributed by atoms with Crippen LogP contribution in [-0.4, -0.2) is 47.4 Å². The molecule has 0 radical (unpaired) electrons. The van der Waals surface area contributed by atoms with Crippen LogP contribution in [-0.2, 0) is 4.79 Å². The number of aryl methyl sites for hydroxylation is 1. The minimum Gasteiger partial charge on any atom is -0.497 e. The SMILES string of the molecule is COc1cccc([C@H]2C[C@@H](O)CN2CCC(=O)Nc2cc(C)on2)c1. The van der Waals surface area contributed by atoms with Gasteiger partial charge in [-0.2, -0.15) is 0 Å². The van der Waals surface area contributed by atoms with Crippen LogP contribution in [0.15, 0.2) is 34.9 Å². The molecule has 1 aliphatic rings. The lowest BCUT2D eigenvalue weighted by molar-refractivity contribution is -0.116. The Morgan fingerprint density at radius 1 is 1.48 bits per heavy atom. The van der Waals surface area contributed by atoms with Gasteiger partial charge in [-0.1, -0.05) is 17.3 Å². The van der Waals surface area contributed by atoms with Crippen molar-refractivity contribution in [2.24, 2.45) is 0 Å². The number of benzene rings is 1. The number of nitrogens with one attached hydrogen (secondary N) is 1. The van der Waals surface area contributed by atoms with Gasteiger partial charge in [0.05, 0.1) is 13.2 Å². The molecule has 3 rings (SSSR count). The zero-order valence-corrected chi connectivity index (χ0v) is 14.4. The van der Waals surface area contributed by atoms with Crippen molar-refractivity contribution in [1.29, 1.82) is 0 Å². The summed E-state index contributed by atoms with van der Waals surface area (Å²) in [5.74, 6) is 1.74. The summed E-state index contributed by atoms with van der Waals surface area (Å²) in [6.07, 6.45) is 0.577. The summed E-state index contributed by atoms with van der Waals surface area (Å²) in [6.45, 7) is 2.88. The smallest absolute Gasteiger partial charge is 0.226 e. The highest BCUT2D eigenvalue weighted by molar-refractivity contribution is 5.89. The lowest BCUT2D eigenvalue weighted by Crippen LogP contribution is -2.29. The van der Waals surface area contributed by atoms with Gasteiger partial charge in [-0.05, 0) is 31.0 Å². The molecule has 25 heavy (non-hydrogen) atoms. The van der Waals surface area contributed by atoms with Crippen LogP contribution in [0.1, 0.15) is 30.2 Å². The van der Waals surface area contributed by atoms with Gasteiger partial charge < -0.3 is 19.7 Å². The topological polar surface area (TPSA) is 87.8 Å². The molecule has 0 saturated carbocycles. The molecule has 7 nitrogen and oxygen atoms in total. The molecule has 1 aliphatic heterocycles. The molecule has 134 valence electrons. The van der Waals surface area contributed by atoms with Crippen molar-refractivity contribution in [3.63, 3.8) is 0 Å². The zero-order chi connectivity index (χ0) is 17.8. The number of methoxy groups -OCH3 is 1. The summed E-state index contributed by atoms with van der Waals surface area (Å²) in [7, 11) is 1.64. The van der Waals surface area contributed by atoms with Gasteiger partial charge in [0.15, 0.2) is 5.82 Å². The Morgan fingerprint density at radius 2 is 2.32 bits per heavy atom. The minimum absolute atomic E-state index is 0.0761. The standard InChI is InChI=1S/C18H23N3O4/c1-12-8-17(20-25-12)19-18(23)6-7-21-11-14(22)10-16(21)13-4-3-5-15(9-13)24-2/h3-5,8-9,14,16,22H,6-7,10-11H2,1-2H3,(H,19,20,23)/t14-,16-/m1/s1. The first kappa shape index (κ1) is 17.4. The van der Waals surface area contributed by atoms with Crippen molar-refractivity contribution in [2.75, 3.05) is 25.5 Å². The maximum absolute atomic E-state index is 12.1. The number of anilines is 1. The molecule has 2 heterocycles. The predicted molar refractivity (Wildman–Crippen MR) is 92.4 cm³/mol. The number of ether oxygens (including phenoxy) is 1. The highest BCUT2D eigenvalue weighted by Crippen LogP contribution is 2.33. The van der Waals surface area contributed by atoms with Crippen LogP contribution < -0.4 is 10.1 Å². The summed E-state index contributed by atoms with van der Waals surface area (Å²) in [5, 5.41) is 16.5. The number of rotatable bonds is 6. The highest BCUT2D eigenvalue weighted by atomic mass is 16.5. The molecule has 7 heteroatoms. The monoisotopic (exact) mass is 345 g/mol. The third kappa shape index (κ3) is 4.37. The van der Waals surface area contributed by atoms with Gasteiger partial charge in [0, 0.05) is 31.6 Å². The second kappa shape index (κ2) is 7.67. The van der Waals surface area contributed by atoms with E-state index >= 15 is 0 Å². The molecule has 1 saturated heterocycles. The summed E-state index contributed by atoms with van der Waals surface area (Å²) in [6, 6.07) is 9.59. The summed E-state index contributed by atoms with van der Waals surface area (Å²) < 4.78 is 10.2. The molecule has 0 unspecified atom stereocenters. The van der Waals surface area contributed by atoms with Crippen LogP contribution >= 0.6 is 0 Å². The Hall–Kier alpha value is -2.38. The van der Waals surface area contributed by atoms with Crippen LogP contribution in [0, 0.1) is 6.92 Å². The van der Waals surface area contributed by atoms with E-state index in [1.54, 1.807) is 20.1 Å². The molecule has 2 aromatic rings. The number of carbonyl (C=O) groups is 1. The van der Waals surface area contributed by atoms with Gasteiger partial charge >= 0.3 is 0 Å². The van der Waals surface area contributed by atoms with E-state index in [9.17, 15) is 9.90 Å². The number of β-amino-alcohol motifs (C(OH)–C–C–N with tert-alkyl or cyclic N) is 1. The van der Waals surface area contributed by atoms with Crippen molar-refractivity contribution < 1.29 is 19.2 Å². The van der Waals surface area contributed by atoms with Crippen LogP contribution in [0.4, 0.5) is 5.82 Å². The lowest BCUT2D eigenvalue weighted by atomic mass is 10.0. The van der Waals surface area contributed by atoms with E-state index in [4.69, 9.17) is 9.26 Å². The van der Waals surface area contributed by atoms with E-state index in [1.165, 1.54) is 0 Å². The van der Waals surface area contributed by atoms with Crippen molar-refractivity contribution in [3.8, 4) is 5.75 Å². The average Bonchev–Trinajstić information content (AvgIpc) is 3.18. The van der Waals surface area contributed by atoms with E-state index < -0.39 is 6.10 Å². The van der Waals surface area contributed by atoms with Gasteiger partial charge in [0.25, 0.3) is 0 Å². The van der Waals surface area contributed by atoms with Gasteiger partial charge in [0.1, 0.15) is 11.5 Å². The van der Waals surface area contributed by atoms with Crippen LogP contribution in [0.25, 0.3) is 0 Å². The van der Waals surface area contributed by atoms with Crippen molar-refractivity contribution >= 4 is 11.7 Å². The number of aliphatic hydroxyl groups is 1. The highest BCUT2D eigenvalue weighted by Gasteiger charge is 2.32. The first-order valence-corrected chi connectivity index (χ1v) is 8.34. The van der Waals surface area contributed by atoms with Crippen LogP contribution in [0.5, 0.6) is 5.75 Å². The molecule has 1 fully saturated rings. The average molecular weight is 345 g/mol. The van der Waals surface area contributed by atoms with Crippen molar-refractivity contribution in [2.45, 2.75) is 31.9 Å². The maximum atomic E-state index is 12.1. The Bertz CT molecular complexity index is 731. The molecule has 2 atom stereocenters. The number of amides is 1. The first-order chi connectivity index (χ1) is 12.0.